The van der Waals surface area contributed by atoms with Crippen LogP contribution in [0.5, 0.6) is 5.75 Å². The van der Waals surface area contributed by atoms with Gasteiger partial charge in [0, 0.05) is 11.5 Å². The van der Waals surface area contributed by atoms with Crippen LogP contribution in [0.1, 0.15) is 32.3 Å². The van der Waals surface area contributed by atoms with Crippen LogP contribution in [0.3, 0.4) is 0 Å². The van der Waals surface area contributed by atoms with Crippen molar-refractivity contribution in [2.75, 3.05) is 0 Å². The Kier molecular flexibility index (Phi) is 3.00. The van der Waals surface area contributed by atoms with E-state index in [9.17, 15) is 5.11 Å². The Bertz CT molecular complexity index is 320. The van der Waals surface area contributed by atoms with Crippen molar-refractivity contribution in [1.29, 1.82) is 0 Å². The third-order valence-corrected chi connectivity index (χ3v) is 2.44. The number of benzene rings is 1. The molecule has 0 saturated heterocycles. The van der Waals surface area contributed by atoms with Gasteiger partial charge in [0.15, 0.2) is 0 Å². The van der Waals surface area contributed by atoms with Gasteiger partial charge in [-0.3, -0.25) is 0 Å². The van der Waals surface area contributed by atoms with Gasteiger partial charge in [-0.25, -0.2) is 0 Å². The summed E-state index contributed by atoms with van der Waals surface area (Å²) in [7, 11) is 0. The number of phenolic OH excluding ortho intramolecular Hbond substituents is 1. The zero-order valence-electron chi connectivity index (χ0n) is 9.12. The molecule has 0 aliphatic rings. The second kappa shape index (κ2) is 3.87. The highest BCUT2D eigenvalue weighted by molar-refractivity contribution is 5.38. The van der Waals surface area contributed by atoms with Crippen molar-refractivity contribution >= 4 is 0 Å². The van der Waals surface area contributed by atoms with Crippen LogP contribution in [0.25, 0.3) is 0 Å². The van der Waals surface area contributed by atoms with Gasteiger partial charge in [-0.2, -0.15) is 0 Å². The molecule has 1 unspecified atom stereocenters. The molecule has 1 atom stereocenters. The van der Waals surface area contributed by atoms with Crippen molar-refractivity contribution in [2.24, 2.45) is 5.41 Å². The molecule has 0 saturated carbocycles. The van der Waals surface area contributed by atoms with Gasteiger partial charge in [0.2, 0.25) is 0 Å². The standard InChI is InChI=1S/C13H18O/c1-5-11(13(2,3)4)10-8-6-7-9-12(10)14/h5-9,11,14H,1H2,2-4H3. The van der Waals surface area contributed by atoms with E-state index >= 15 is 0 Å². The van der Waals surface area contributed by atoms with Gasteiger partial charge < -0.3 is 5.11 Å². The molecule has 0 radical (unpaired) electrons. The summed E-state index contributed by atoms with van der Waals surface area (Å²) in [6.07, 6.45) is 1.90. The van der Waals surface area contributed by atoms with E-state index < -0.39 is 0 Å². The fourth-order valence-corrected chi connectivity index (χ4v) is 1.70. The van der Waals surface area contributed by atoms with Gasteiger partial charge in [-0.15, -0.1) is 6.58 Å². The summed E-state index contributed by atoms with van der Waals surface area (Å²) < 4.78 is 0. The highest BCUT2D eigenvalue weighted by atomic mass is 16.3. The first-order valence-electron chi connectivity index (χ1n) is 4.87. The molecule has 0 aliphatic carbocycles. The van der Waals surface area contributed by atoms with Gasteiger partial charge >= 0.3 is 0 Å². The molecule has 76 valence electrons. The Morgan fingerprint density at radius 2 is 1.86 bits per heavy atom. The third-order valence-electron chi connectivity index (χ3n) is 2.44. The van der Waals surface area contributed by atoms with E-state index in [-0.39, 0.29) is 11.3 Å². The van der Waals surface area contributed by atoms with Crippen molar-refractivity contribution in [3.63, 3.8) is 0 Å². The van der Waals surface area contributed by atoms with E-state index in [2.05, 4.69) is 27.4 Å². The Balaban J connectivity index is 3.14. The van der Waals surface area contributed by atoms with Crippen molar-refractivity contribution in [3.05, 3.63) is 42.5 Å². The average Bonchev–Trinajstić information content (AvgIpc) is 2.07. The lowest BCUT2D eigenvalue weighted by Crippen LogP contribution is -2.16. The Labute approximate surface area is 86.1 Å². The monoisotopic (exact) mass is 190 g/mol. The van der Waals surface area contributed by atoms with E-state index in [4.69, 9.17) is 0 Å². The number of rotatable bonds is 2. The van der Waals surface area contributed by atoms with Gasteiger partial charge in [0.1, 0.15) is 5.75 Å². The number of phenols is 1. The molecule has 0 aliphatic heterocycles. The number of hydrogen-bond acceptors (Lipinski definition) is 1. The van der Waals surface area contributed by atoms with Crippen LogP contribution >= 0.6 is 0 Å². The minimum absolute atomic E-state index is 0.0839. The molecule has 1 N–H and O–H groups in total. The molecule has 0 amide bonds. The largest absolute Gasteiger partial charge is 0.508 e. The lowest BCUT2D eigenvalue weighted by atomic mass is 9.76. The third kappa shape index (κ3) is 2.16. The van der Waals surface area contributed by atoms with E-state index in [1.165, 1.54) is 0 Å². The van der Waals surface area contributed by atoms with Gasteiger partial charge in [0.25, 0.3) is 0 Å². The summed E-state index contributed by atoms with van der Waals surface area (Å²) in [5.41, 5.74) is 1.04. The SMILES string of the molecule is C=CC(c1ccccc1O)C(C)(C)C. The van der Waals surface area contributed by atoms with Crippen LogP contribution in [0.4, 0.5) is 0 Å². The summed E-state index contributed by atoms with van der Waals surface area (Å²) in [4.78, 5) is 0. The van der Waals surface area contributed by atoms with Crippen LogP contribution in [-0.2, 0) is 0 Å². The highest BCUT2D eigenvalue weighted by Crippen LogP contribution is 2.39. The zero-order valence-corrected chi connectivity index (χ0v) is 9.12. The average molecular weight is 190 g/mol. The predicted octanol–water partition coefficient (Wildman–Crippen LogP) is 3.71. The van der Waals surface area contributed by atoms with Gasteiger partial charge in [-0.05, 0) is 11.5 Å². The van der Waals surface area contributed by atoms with Crippen molar-refractivity contribution in [1.82, 2.24) is 0 Å². The Morgan fingerprint density at radius 3 is 2.29 bits per heavy atom. The van der Waals surface area contributed by atoms with E-state index in [0.29, 0.717) is 5.75 Å². The van der Waals surface area contributed by atoms with Crippen molar-refractivity contribution in [3.8, 4) is 5.75 Å². The first-order valence-corrected chi connectivity index (χ1v) is 4.87. The fourth-order valence-electron chi connectivity index (χ4n) is 1.70. The zero-order chi connectivity index (χ0) is 10.8. The van der Waals surface area contributed by atoms with E-state index in [1.807, 2.05) is 24.3 Å². The molecular formula is C13H18O. The maximum Gasteiger partial charge on any atom is 0.119 e. The van der Waals surface area contributed by atoms with Crippen LogP contribution < -0.4 is 0 Å². The highest BCUT2D eigenvalue weighted by Gasteiger charge is 2.25. The number of para-hydroxylation sites is 1. The van der Waals surface area contributed by atoms with E-state index in [0.717, 1.165) is 5.56 Å². The number of allylic oxidation sites excluding steroid dienone is 1. The molecule has 0 fully saturated rings. The summed E-state index contributed by atoms with van der Waals surface area (Å²) in [5.74, 6) is 0.538. The number of hydrogen-bond donors (Lipinski definition) is 1. The topological polar surface area (TPSA) is 20.2 Å². The molecule has 14 heavy (non-hydrogen) atoms. The maximum absolute atomic E-state index is 9.73. The molecule has 0 aromatic heterocycles. The molecule has 1 heteroatoms. The minimum Gasteiger partial charge on any atom is -0.508 e. The first-order chi connectivity index (χ1) is 6.46. The molecule has 1 nitrogen and oxygen atoms in total. The molecule has 0 heterocycles. The second-order valence-electron chi connectivity index (χ2n) is 4.64. The first kappa shape index (κ1) is 10.8. The van der Waals surface area contributed by atoms with Crippen LogP contribution in [0.2, 0.25) is 0 Å². The maximum atomic E-state index is 9.73. The Hall–Kier alpha value is -1.24. The fraction of sp³-hybridized carbons (Fsp3) is 0.385. The summed E-state index contributed by atoms with van der Waals surface area (Å²) in [6, 6.07) is 7.45. The molecule has 1 rings (SSSR count). The van der Waals surface area contributed by atoms with E-state index in [1.54, 1.807) is 6.07 Å². The lowest BCUT2D eigenvalue weighted by molar-refractivity contribution is 0.355. The van der Waals surface area contributed by atoms with Gasteiger partial charge in [-0.1, -0.05) is 45.0 Å². The number of aromatic hydroxyl groups is 1. The van der Waals surface area contributed by atoms with Crippen molar-refractivity contribution in [2.45, 2.75) is 26.7 Å². The molecule has 1 aromatic carbocycles. The Morgan fingerprint density at radius 1 is 1.29 bits per heavy atom. The normalized spacial score (nSPS) is 13.6. The minimum atomic E-state index is 0.0839. The van der Waals surface area contributed by atoms with Gasteiger partial charge in [0.05, 0.1) is 0 Å². The lowest BCUT2D eigenvalue weighted by Gasteiger charge is -2.28. The molecular weight excluding hydrogens is 172 g/mol. The smallest absolute Gasteiger partial charge is 0.119 e. The predicted molar refractivity (Wildman–Crippen MR) is 60.5 cm³/mol. The summed E-state index contributed by atoms with van der Waals surface area (Å²) in [6.45, 7) is 10.3. The summed E-state index contributed by atoms with van der Waals surface area (Å²) >= 11 is 0. The molecule has 0 spiro atoms. The second-order valence-corrected chi connectivity index (χ2v) is 4.64. The van der Waals surface area contributed by atoms with Crippen molar-refractivity contribution < 1.29 is 5.11 Å². The van der Waals surface area contributed by atoms with Crippen LogP contribution in [0.15, 0.2) is 36.9 Å². The quantitative estimate of drug-likeness (QED) is 0.705. The molecule has 0 bridgehead atoms. The van der Waals surface area contributed by atoms with Crippen LogP contribution in [-0.4, -0.2) is 5.11 Å². The summed E-state index contributed by atoms with van der Waals surface area (Å²) in [5, 5.41) is 9.73. The van der Waals surface area contributed by atoms with Crippen LogP contribution in [0, 0.1) is 5.41 Å². The molecule has 1 aromatic rings.